The second-order valence-electron chi connectivity index (χ2n) is 5.78. The number of rotatable bonds is 3. The molecule has 118 valence electrons. The Morgan fingerprint density at radius 2 is 1.74 bits per heavy atom. The number of nitrogens with one attached hydrogen (secondary N) is 1. The third-order valence-corrected chi connectivity index (χ3v) is 4.09. The number of benzene rings is 1. The summed E-state index contributed by atoms with van der Waals surface area (Å²) in [6.07, 6.45) is 0.410. The van der Waals surface area contributed by atoms with Crippen molar-refractivity contribution in [3.05, 3.63) is 58.9 Å². The number of amides is 1. The van der Waals surface area contributed by atoms with Gasteiger partial charge in [-0.3, -0.25) is 4.79 Å². The maximum atomic E-state index is 12.4. The van der Waals surface area contributed by atoms with Crippen LogP contribution in [-0.2, 0) is 17.6 Å². The van der Waals surface area contributed by atoms with Crippen molar-refractivity contribution in [2.24, 2.45) is 0 Å². The van der Waals surface area contributed by atoms with E-state index >= 15 is 0 Å². The molecule has 1 aliphatic carbocycles. The summed E-state index contributed by atoms with van der Waals surface area (Å²) in [6.45, 7) is 1.69. The van der Waals surface area contributed by atoms with Crippen LogP contribution >= 0.6 is 0 Å². The lowest BCUT2D eigenvalue weighted by atomic mass is 9.95. The molecule has 1 aromatic carbocycles. The van der Waals surface area contributed by atoms with Gasteiger partial charge in [-0.1, -0.05) is 24.3 Å². The number of fused-ring (bicyclic) bond motifs is 1. The number of pyridine rings is 1. The average Bonchev–Trinajstić information content (AvgIpc) is 2.89. The molecule has 0 atom stereocenters. The third-order valence-electron chi connectivity index (χ3n) is 4.09. The fourth-order valence-electron chi connectivity index (χ4n) is 2.90. The van der Waals surface area contributed by atoms with Gasteiger partial charge < -0.3 is 15.5 Å². The van der Waals surface area contributed by atoms with E-state index in [9.17, 15) is 19.8 Å². The van der Waals surface area contributed by atoms with E-state index in [2.05, 4.69) is 10.3 Å². The Kier molecular flexibility index (Phi) is 3.52. The SMILES string of the molecule is Cc1ccc(O)c(C(=O)NC2(C(=O)O)Cc3ccccc3C2)n1. The number of aromatic hydroxyl groups is 1. The van der Waals surface area contributed by atoms with Gasteiger partial charge in [-0.25, -0.2) is 9.78 Å². The van der Waals surface area contributed by atoms with Gasteiger partial charge in [0, 0.05) is 18.5 Å². The molecule has 3 rings (SSSR count). The number of hydrogen-bond donors (Lipinski definition) is 3. The van der Waals surface area contributed by atoms with E-state index in [1.54, 1.807) is 13.0 Å². The zero-order valence-electron chi connectivity index (χ0n) is 12.5. The van der Waals surface area contributed by atoms with Crippen LogP contribution in [0.3, 0.4) is 0 Å². The first-order chi connectivity index (χ1) is 10.9. The molecule has 0 aliphatic heterocycles. The summed E-state index contributed by atoms with van der Waals surface area (Å²) >= 11 is 0. The quantitative estimate of drug-likeness (QED) is 0.796. The molecular weight excluding hydrogens is 296 g/mol. The molecule has 0 fully saturated rings. The second-order valence-corrected chi connectivity index (χ2v) is 5.78. The molecule has 6 nitrogen and oxygen atoms in total. The van der Waals surface area contributed by atoms with Crippen molar-refractivity contribution in [1.82, 2.24) is 10.3 Å². The number of aromatic nitrogens is 1. The monoisotopic (exact) mass is 312 g/mol. The van der Waals surface area contributed by atoms with Crippen molar-refractivity contribution >= 4 is 11.9 Å². The number of aliphatic carboxylic acids is 1. The Bertz CT molecular complexity index is 776. The van der Waals surface area contributed by atoms with E-state index in [1.807, 2.05) is 24.3 Å². The summed E-state index contributed by atoms with van der Waals surface area (Å²) in [4.78, 5) is 28.2. The normalized spacial score (nSPS) is 15.0. The first-order valence-electron chi connectivity index (χ1n) is 7.20. The van der Waals surface area contributed by atoms with Crippen molar-refractivity contribution in [2.75, 3.05) is 0 Å². The molecule has 6 heteroatoms. The molecule has 0 unspecified atom stereocenters. The summed E-state index contributed by atoms with van der Waals surface area (Å²) < 4.78 is 0. The van der Waals surface area contributed by atoms with E-state index in [-0.39, 0.29) is 24.3 Å². The van der Waals surface area contributed by atoms with Crippen LogP contribution in [0.15, 0.2) is 36.4 Å². The fourth-order valence-corrected chi connectivity index (χ4v) is 2.90. The Hall–Kier alpha value is -2.89. The molecule has 1 amide bonds. The summed E-state index contributed by atoms with van der Waals surface area (Å²) in [7, 11) is 0. The Morgan fingerprint density at radius 1 is 1.13 bits per heavy atom. The van der Waals surface area contributed by atoms with Crippen molar-refractivity contribution in [3.63, 3.8) is 0 Å². The van der Waals surface area contributed by atoms with E-state index < -0.39 is 17.4 Å². The zero-order valence-corrected chi connectivity index (χ0v) is 12.5. The Morgan fingerprint density at radius 3 is 2.30 bits per heavy atom. The van der Waals surface area contributed by atoms with E-state index in [4.69, 9.17) is 0 Å². The Balaban J connectivity index is 1.92. The number of aryl methyl sites for hydroxylation is 1. The lowest BCUT2D eigenvalue weighted by Crippen LogP contribution is -2.55. The molecule has 0 saturated carbocycles. The van der Waals surface area contributed by atoms with Crippen molar-refractivity contribution in [2.45, 2.75) is 25.3 Å². The lowest BCUT2D eigenvalue weighted by molar-refractivity contribution is -0.144. The van der Waals surface area contributed by atoms with Gasteiger partial charge in [0.2, 0.25) is 0 Å². The number of carboxylic acid groups (broad SMARTS) is 1. The Labute approximate surface area is 132 Å². The highest BCUT2D eigenvalue weighted by Gasteiger charge is 2.45. The summed E-state index contributed by atoms with van der Waals surface area (Å²) in [5.74, 6) is -2.07. The van der Waals surface area contributed by atoms with Crippen molar-refractivity contribution in [3.8, 4) is 5.75 Å². The zero-order chi connectivity index (χ0) is 16.6. The third kappa shape index (κ3) is 2.63. The standard InChI is InChI=1S/C17H16N2O4/c1-10-6-7-13(20)14(18-10)15(21)19-17(16(22)23)8-11-4-2-3-5-12(11)9-17/h2-7,20H,8-9H2,1H3,(H,19,21)(H,22,23). The molecule has 1 aliphatic rings. The minimum absolute atomic E-state index is 0.165. The summed E-state index contributed by atoms with van der Waals surface area (Å²) in [6, 6.07) is 10.3. The van der Waals surface area contributed by atoms with Gasteiger partial charge in [0.25, 0.3) is 5.91 Å². The van der Waals surface area contributed by atoms with Crippen LogP contribution in [0.5, 0.6) is 5.75 Å². The number of carbonyl (C=O) groups is 2. The molecular formula is C17H16N2O4. The van der Waals surface area contributed by atoms with Crippen LogP contribution in [0.2, 0.25) is 0 Å². The van der Waals surface area contributed by atoms with Gasteiger partial charge in [-0.05, 0) is 30.2 Å². The molecule has 1 heterocycles. The first-order valence-corrected chi connectivity index (χ1v) is 7.20. The van der Waals surface area contributed by atoms with E-state index in [0.29, 0.717) is 5.69 Å². The first kappa shape index (κ1) is 15.0. The highest BCUT2D eigenvalue weighted by Crippen LogP contribution is 2.31. The predicted octanol–water partition coefficient (Wildman–Crippen LogP) is 1.45. The maximum Gasteiger partial charge on any atom is 0.330 e. The maximum absolute atomic E-state index is 12.4. The highest BCUT2D eigenvalue weighted by molar-refractivity contribution is 5.98. The molecule has 0 radical (unpaired) electrons. The predicted molar refractivity (Wildman–Crippen MR) is 82.3 cm³/mol. The van der Waals surface area contributed by atoms with Crippen LogP contribution in [0, 0.1) is 6.92 Å². The molecule has 0 bridgehead atoms. The number of carbonyl (C=O) groups excluding carboxylic acids is 1. The van der Waals surface area contributed by atoms with Crippen molar-refractivity contribution in [1.29, 1.82) is 0 Å². The molecule has 1 aromatic heterocycles. The van der Waals surface area contributed by atoms with E-state index in [1.165, 1.54) is 6.07 Å². The summed E-state index contributed by atoms with van der Waals surface area (Å²) in [5, 5.41) is 22.0. The molecule has 2 aromatic rings. The molecule has 3 N–H and O–H groups in total. The fraction of sp³-hybridized carbons (Fsp3) is 0.235. The van der Waals surface area contributed by atoms with Crippen LogP contribution in [0.4, 0.5) is 0 Å². The smallest absolute Gasteiger partial charge is 0.330 e. The van der Waals surface area contributed by atoms with Gasteiger partial charge in [-0.15, -0.1) is 0 Å². The second kappa shape index (κ2) is 5.39. The number of carboxylic acids is 1. The molecule has 0 saturated heterocycles. The van der Waals surface area contributed by atoms with Gasteiger partial charge >= 0.3 is 5.97 Å². The van der Waals surface area contributed by atoms with Gasteiger partial charge in [0.1, 0.15) is 11.3 Å². The molecule has 23 heavy (non-hydrogen) atoms. The largest absolute Gasteiger partial charge is 0.505 e. The van der Waals surface area contributed by atoms with Gasteiger partial charge in [-0.2, -0.15) is 0 Å². The lowest BCUT2D eigenvalue weighted by Gasteiger charge is -2.25. The van der Waals surface area contributed by atoms with Gasteiger partial charge in [0.05, 0.1) is 0 Å². The van der Waals surface area contributed by atoms with E-state index in [0.717, 1.165) is 11.1 Å². The average molecular weight is 312 g/mol. The topological polar surface area (TPSA) is 99.5 Å². The minimum atomic E-state index is -1.42. The van der Waals surface area contributed by atoms with Gasteiger partial charge in [0.15, 0.2) is 5.69 Å². The van der Waals surface area contributed by atoms with Crippen LogP contribution in [-0.4, -0.2) is 32.6 Å². The van der Waals surface area contributed by atoms with Crippen LogP contribution in [0.25, 0.3) is 0 Å². The number of nitrogens with zero attached hydrogens (tertiary/aromatic N) is 1. The van der Waals surface area contributed by atoms with Crippen LogP contribution in [0.1, 0.15) is 27.3 Å². The molecule has 0 spiro atoms. The number of hydrogen-bond acceptors (Lipinski definition) is 4. The van der Waals surface area contributed by atoms with Crippen molar-refractivity contribution < 1.29 is 19.8 Å². The highest BCUT2D eigenvalue weighted by atomic mass is 16.4. The summed E-state index contributed by atoms with van der Waals surface area (Å²) in [5.41, 5.74) is 0.778. The minimum Gasteiger partial charge on any atom is -0.505 e. The van der Waals surface area contributed by atoms with Crippen LogP contribution < -0.4 is 5.32 Å².